The summed E-state index contributed by atoms with van der Waals surface area (Å²) in [6.07, 6.45) is 22.4. The van der Waals surface area contributed by atoms with E-state index in [9.17, 15) is 9.18 Å². The van der Waals surface area contributed by atoms with Crippen LogP contribution in [0.4, 0.5) is 8.78 Å². The number of unbranched alkanes of at least 4 members (excludes halogenated alkanes) is 10. The lowest BCUT2D eigenvalue weighted by Gasteiger charge is -2.36. The minimum Gasteiger partial charge on any atom is -0.359 e. The zero-order chi connectivity index (χ0) is 24.7. The maximum Gasteiger partial charge on any atom is 0.191 e. The van der Waals surface area contributed by atoms with Gasteiger partial charge in [0.1, 0.15) is 5.83 Å². The minimum absolute atomic E-state index is 0.261. The van der Waals surface area contributed by atoms with Crippen LogP contribution in [0.3, 0.4) is 0 Å². The maximum absolute atomic E-state index is 15.0. The molecule has 2 aliphatic carbocycles. The van der Waals surface area contributed by atoms with Gasteiger partial charge < -0.3 is 4.74 Å². The van der Waals surface area contributed by atoms with E-state index in [-0.39, 0.29) is 18.1 Å². The third kappa shape index (κ3) is 9.55. The van der Waals surface area contributed by atoms with Crippen LogP contribution in [0, 0.1) is 11.8 Å². The molecule has 0 N–H and O–H groups in total. The molecule has 0 spiro atoms. The van der Waals surface area contributed by atoms with Gasteiger partial charge in [-0.1, -0.05) is 110 Å². The summed E-state index contributed by atoms with van der Waals surface area (Å²) in [5.41, 5.74) is -1.78. The first-order valence-electron chi connectivity index (χ1n) is 14.4. The molecule has 2 atom stereocenters. The van der Waals surface area contributed by atoms with Crippen LogP contribution in [0.1, 0.15) is 129 Å². The van der Waals surface area contributed by atoms with Crippen molar-refractivity contribution in [1.29, 1.82) is 0 Å². The molecule has 0 aromatic rings. The highest BCUT2D eigenvalue weighted by Gasteiger charge is 2.49. The number of hydrogen-bond donors (Lipinski definition) is 0. The Labute approximate surface area is 208 Å². The van der Waals surface area contributed by atoms with Gasteiger partial charge in [-0.15, -0.1) is 0 Å². The van der Waals surface area contributed by atoms with Gasteiger partial charge in [0.05, 0.1) is 0 Å². The first kappa shape index (κ1) is 29.2. The SMILES string of the molecule is CCCCCCCCOC1(C(=O)C[C@H]2CC[C@H](CCCCCCCC)CC2)C=CC=C(F)C1F. The quantitative estimate of drug-likeness (QED) is 0.183. The highest BCUT2D eigenvalue weighted by atomic mass is 19.2. The van der Waals surface area contributed by atoms with Crippen molar-refractivity contribution in [2.24, 2.45) is 11.8 Å². The van der Waals surface area contributed by atoms with Gasteiger partial charge in [-0.05, 0) is 43.3 Å². The Bertz CT molecular complexity index is 621. The molecule has 0 saturated heterocycles. The van der Waals surface area contributed by atoms with E-state index in [1.54, 1.807) is 0 Å². The van der Waals surface area contributed by atoms with Crippen LogP contribution in [-0.4, -0.2) is 24.2 Å². The van der Waals surface area contributed by atoms with E-state index >= 15 is 4.39 Å². The van der Waals surface area contributed by atoms with Crippen molar-refractivity contribution in [3.63, 3.8) is 0 Å². The zero-order valence-corrected chi connectivity index (χ0v) is 22.0. The molecule has 0 aromatic heterocycles. The minimum atomic E-state index is -2.03. The Balaban J connectivity index is 1.78. The number of halogens is 2. The van der Waals surface area contributed by atoms with Crippen molar-refractivity contribution < 1.29 is 18.3 Å². The standard InChI is InChI=1S/C30H50F2O2/c1-3-5-7-9-11-13-16-25-18-20-26(21-19-25)24-28(33)30(22-15-17-27(31)29(30)32)34-23-14-12-10-8-6-4-2/h15,17,22,25-26,29H,3-14,16,18-21,23-24H2,1-2H3/t25-,26-,29?,30?. The molecular formula is C30H50F2O2. The van der Waals surface area contributed by atoms with Crippen molar-refractivity contribution in [1.82, 2.24) is 0 Å². The average Bonchev–Trinajstić information content (AvgIpc) is 2.84. The van der Waals surface area contributed by atoms with Gasteiger partial charge in [-0.2, -0.15) is 0 Å². The lowest BCUT2D eigenvalue weighted by Crippen LogP contribution is -2.50. The van der Waals surface area contributed by atoms with Gasteiger partial charge in [0, 0.05) is 13.0 Å². The normalized spacial score (nSPS) is 27.1. The molecule has 1 saturated carbocycles. The number of rotatable bonds is 18. The number of carbonyl (C=O) groups excluding carboxylic acids is 1. The van der Waals surface area contributed by atoms with E-state index in [1.165, 1.54) is 76.4 Å². The summed E-state index contributed by atoms with van der Waals surface area (Å²) in [6, 6.07) is 0. The number of carbonyl (C=O) groups is 1. The third-order valence-electron chi connectivity index (χ3n) is 7.90. The molecule has 0 radical (unpaired) electrons. The Morgan fingerprint density at radius 2 is 1.44 bits per heavy atom. The van der Waals surface area contributed by atoms with Crippen molar-refractivity contribution in [2.75, 3.05) is 6.61 Å². The number of hydrogen-bond acceptors (Lipinski definition) is 2. The monoisotopic (exact) mass is 480 g/mol. The van der Waals surface area contributed by atoms with Gasteiger partial charge in [0.2, 0.25) is 0 Å². The predicted molar refractivity (Wildman–Crippen MR) is 138 cm³/mol. The van der Waals surface area contributed by atoms with Crippen LogP contribution in [-0.2, 0) is 9.53 Å². The molecule has 0 bridgehead atoms. The first-order chi connectivity index (χ1) is 16.5. The second-order valence-electron chi connectivity index (χ2n) is 10.8. The largest absolute Gasteiger partial charge is 0.359 e. The van der Waals surface area contributed by atoms with Gasteiger partial charge in [0.25, 0.3) is 0 Å². The molecule has 0 amide bonds. The Morgan fingerprint density at radius 3 is 2.09 bits per heavy atom. The third-order valence-corrected chi connectivity index (χ3v) is 7.90. The second-order valence-corrected chi connectivity index (χ2v) is 10.8. The fourth-order valence-corrected chi connectivity index (χ4v) is 5.58. The molecule has 34 heavy (non-hydrogen) atoms. The number of alkyl halides is 1. The van der Waals surface area contributed by atoms with Gasteiger partial charge in [-0.3, -0.25) is 4.79 Å². The summed E-state index contributed by atoms with van der Waals surface area (Å²) in [6.45, 7) is 4.72. The summed E-state index contributed by atoms with van der Waals surface area (Å²) in [7, 11) is 0. The Kier molecular flexibility index (Phi) is 14.3. The number of ether oxygens (including phenoxy) is 1. The van der Waals surface area contributed by atoms with Crippen molar-refractivity contribution in [3.05, 3.63) is 24.1 Å². The summed E-state index contributed by atoms with van der Waals surface area (Å²) < 4.78 is 35.1. The molecular weight excluding hydrogens is 430 g/mol. The fraction of sp³-hybridized carbons (Fsp3) is 0.833. The molecule has 2 rings (SSSR count). The van der Waals surface area contributed by atoms with Crippen LogP contribution in [0.2, 0.25) is 0 Å². The Hall–Kier alpha value is -1.03. The van der Waals surface area contributed by atoms with Crippen LogP contribution >= 0.6 is 0 Å². The summed E-state index contributed by atoms with van der Waals surface area (Å²) in [5, 5.41) is 0. The molecule has 2 aliphatic rings. The summed E-state index contributed by atoms with van der Waals surface area (Å²) in [5.74, 6) is -0.164. The van der Waals surface area contributed by atoms with E-state index in [2.05, 4.69) is 13.8 Å². The molecule has 1 fully saturated rings. The fourth-order valence-electron chi connectivity index (χ4n) is 5.58. The summed E-state index contributed by atoms with van der Waals surface area (Å²) >= 11 is 0. The van der Waals surface area contributed by atoms with E-state index in [0.29, 0.717) is 6.61 Å². The summed E-state index contributed by atoms with van der Waals surface area (Å²) in [4.78, 5) is 13.3. The highest BCUT2D eigenvalue weighted by molar-refractivity contribution is 5.91. The van der Waals surface area contributed by atoms with Crippen LogP contribution in [0.25, 0.3) is 0 Å². The highest BCUT2D eigenvalue weighted by Crippen LogP contribution is 2.38. The van der Waals surface area contributed by atoms with E-state index < -0.39 is 17.6 Å². The molecule has 0 heterocycles. The van der Waals surface area contributed by atoms with E-state index in [1.807, 2.05) is 0 Å². The lowest BCUT2D eigenvalue weighted by molar-refractivity contribution is -0.147. The van der Waals surface area contributed by atoms with Crippen LogP contribution in [0.5, 0.6) is 0 Å². The van der Waals surface area contributed by atoms with Crippen molar-refractivity contribution in [2.45, 2.75) is 141 Å². The van der Waals surface area contributed by atoms with Gasteiger partial charge in [0.15, 0.2) is 17.6 Å². The average molecular weight is 481 g/mol. The zero-order valence-electron chi connectivity index (χ0n) is 22.0. The van der Waals surface area contributed by atoms with Gasteiger partial charge >= 0.3 is 0 Å². The first-order valence-corrected chi connectivity index (χ1v) is 14.4. The van der Waals surface area contributed by atoms with Crippen LogP contribution < -0.4 is 0 Å². The van der Waals surface area contributed by atoms with Crippen molar-refractivity contribution in [3.8, 4) is 0 Å². The molecule has 0 aromatic carbocycles. The second kappa shape index (κ2) is 16.6. The maximum atomic E-state index is 15.0. The van der Waals surface area contributed by atoms with E-state index in [4.69, 9.17) is 4.74 Å². The number of ketones is 1. The molecule has 2 unspecified atom stereocenters. The molecule has 2 nitrogen and oxygen atoms in total. The lowest BCUT2D eigenvalue weighted by atomic mass is 9.75. The predicted octanol–water partition coefficient (Wildman–Crippen LogP) is 9.38. The van der Waals surface area contributed by atoms with Crippen molar-refractivity contribution >= 4 is 5.78 Å². The topological polar surface area (TPSA) is 26.3 Å². The van der Waals surface area contributed by atoms with E-state index in [0.717, 1.165) is 56.9 Å². The Morgan fingerprint density at radius 1 is 0.882 bits per heavy atom. The number of allylic oxidation sites excluding steroid dienone is 2. The molecule has 4 heteroatoms. The molecule has 0 aliphatic heterocycles. The smallest absolute Gasteiger partial charge is 0.191 e. The van der Waals surface area contributed by atoms with Crippen LogP contribution in [0.15, 0.2) is 24.1 Å². The number of Topliss-reactive ketones (excluding diaryl/α,β-unsaturated/α-hetero) is 1. The van der Waals surface area contributed by atoms with Gasteiger partial charge in [-0.25, -0.2) is 8.78 Å². The molecule has 196 valence electrons.